The maximum Gasteiger partial charge on any atom is 0.337 e. The van der Waals surface area contributed by atoms with Crippen LogP contribution in [0.1, 0.15) is 20.1 Å². The normalized spacial score (nSPS) is 17.7. The Morgan fingerprint density at radius 1 is 1.32 bits per heavy atom. The average Bonchev–Trinajstić information content (AvgIpc) is 3.08. The van der Waals surface area contributed by atoms with Gasteiger partial charge in [-0.1, -0.05) is 11.6 Å². The number of thioether (sulfide) groups is 1. The van der Waals surface area contributed by atoms with Gasteiger partial charge in [-0.15, -0.1) is 11.3 Å². The molecule has 1 aliphatic rings. The van der Waals surface area contributed by atoms with Gasteiger partial charge in [0.1, 0.15) is 0 Å². The molecule has 0 atom stereocenters. The van der Waals surface area contributed by atoms with Crippen molar-refractivity contribution >= 4 is 63.5 Å². The van der Waals surface area contributed by atoms with Gasteiger partial charge in [-0.05, 0) is 55.1 Å². The molecule has 1 saturated heterocycles. The van der Waals surface area contributed by atoms with Crippen molar-refractivity contribution in [3.8, 4) is 0 Å². The van der Waals surface area contributed by atoms with Crippen molar-refractivity contribution in [3.63, 3.8) is 0 Å². The summed E-state index contributed by atoms with van der Waals surface area (Å²) >= 11 is 8.74. The summed E-state index contributed by atoms with van der Waals surface area (Å²) < 4.78 is 0. The predicted molar refractivity (Wildman–Crippen MR) is 103 cm³/mol. The average molecular weight is 393 g/mol. The van der Waals surface area contributed by atoms with E-state index in [1.807, 2.05) is 25.1 Å². The van der Waals surface area contributed by atoms with E-state index >= 15 is 0 Å². The molecule has 1 aromatic carbocycles. The Labute approximate surface area is 157 Å². The summed E-state index contributed by atoms with van der Waals surface area (Å²) in [7, 11) is 1.64. The number of aryl methyl sites for hydroxylation is 1. The zero-order chi connectivity index (χ0) is 18.1. The third-order valence-electron chi connectivity index (χ3n) is 3.44. The third kappa shape index (κ3) is 3.78. The van der Waals surface area contributed by atoms with Gasteiger partial charge in [-0.2, -0.15) is 0 Å². The van der Waals surface area contributed by atoms with Crippen molar-refractivity contribution in [1.29, 1.82) is 0 Å². The summed E-state index contributed by atoms with van der Waals surface area (Å²) in [6.07, 6.45) is 1.84. The van der Waals surface area contributed by atoms with Gasteiger partial charge in [0.15, 0.2) is 5.17 Å². The van der Waals surface area contributed by atoms with Crippen molar-refractivity contribution in [1.82, 2.24) is 4.90 Å². The van der Waals surface area contributed by atoms with Gasteiger partial charge < -0.3 is 5.11 Å². The largest absolute Gasteiger partial charge is 0.478 e. The van der Waals surface area contributed by atoms with Crippen LogP contribution in [0.2, 0.25) is 5.02 Å². The lowest BCUT2D eigenvalue weighted by molar-refractivity contribution is -0.121. The molecule has 128 valence electrons. The number of aromatic carboxylic acids is 1. The Balaban J connectivity index is 1.92. The number of amidine groups is 1. The first kappa shape index (κ1) is 17.7. The number of carboxylic acid groups (broad SMARTS) is 1. The van der Waals surface area contributed by atoms with E-state index in [-0.39, 0.29) is 16.5 Å². The maximum atomic E-state index is 12.4. The molecule has 5 nitrogen and oxygen atoms in total. The minimum atomic E-state index is -1.12. The van der Waals surface area contributed by atoms with Crippen LogP contribution >= 0.6 is 34.7 Å². The highest BCUT2D eigenvalue weighted by Gasteiger charge is 2.30. The summed E-state index contributed by atoms with van der Waals surface area (Å²) in [5.74, 6) is -1.26. The first-order valence-electron chi connectivity index (χ1n) is 7.21. The molecular formula is C17H13ClN2O3S2. The molecule has 8 heteroatoms. The highest BCUT2D eigenvalue weighted by atomic mass is 35.5. The van der Waals surface area contributed by atoms with E-state index in [0.717, 1.165) is 4.88 Å². The number of aliphatic imine (C=N–C) groups is 1. The van der Waals surface area contributed by atoms with E-state index in [1.165, 1.54) is 33.7 Å². The molecule has 1 aromatic heterocycles. The number of hydrogen-bond acceptors (Lipinski definition) is 5. The predicted octanol–water partition coefficient (Wildman–Crippen LogP) is 4.64. The first-order valence-corrected chi connectivity index (χ1v) is 9.22. The second kappa shape index (κ2) is 7.03. The van der Waals surface area contributed by atoms with Crippen LogP contribution in [0.3, 0.4) is 0 Å². The number of likely N-dealkylation sites (N-methyl/N-ethyl adjacent to an activating group) is 1. The fourth-order valence-electron chi connectivity index (χ4n) is 2.17. The van der Waals surface area contributed by atoms with Crippen LogP contribution in [0.25, 0.3) is 6.08 Å². The number of amides is 1. The molecule has 0 saturated carbocycles. The second-order valence-electron chi connectivity index (χ2n) is 5.29. The molecule has 0 spiro atoms. The zero-order valence-electron chi connectivity index (χ0n) is 13.3. The highest BCUT2D eigenvalue weighted by molar-refractivity contribution is 8.18. The quantitative estimate of drug-likeness (QED) is 0.772. The smallest absolute Gasteiger partial charge is 0.337 e. The fraction of sp³-hybridized carbons (Fsp3) is 0.118. The summed E-state index contributed by atoms with van der Waals surface area (Å²) in [6.45, 7) is 2.01. The molecular weight excluding hydrogens is 380 g/mol. The van der Waals surface area contributed by atoms with Crippen molar-refractivity contribution in [2.75, 3.05) is 7.05 Å². The molecule has 0 radical (unpaired) electrons. The van der Waals surface area contributed by atoms with Crippen molar-refractivity contribution in [3.05, 3.63) is 55.6 Å². The third-order valence-corrected chi connectivity index (χ3v) is 5.78. The summed E-state index contributed by atoms with van der Waals surface area (Å²) in [5, 5.41) is 9.78. The molecule has 0 unspecified atom stereocenters. The molecule has 3 rings (SSSR count). The standard InChI is InChI=1S/C17H13ClN2O3S2/c1-9-3-5-11(24-9)8-14-15(21)20(2)17(25-14)19-10-4-6-13(18)12(7-10)16(22)23/h3-8H,1-2H3,(H,22,23). The summed E-state index contributed by atoms with van der Waals surface area (Å²) in [6, 6.07) is 8.46. The fourth-order valence-corrected chi connectivity index (χ4v) is 4.24. The lowest BCUT2D eigenvalue weighted by atomic mass is 10.2. The molecule has 1 amide bonds. The molecule has 0 bridgehead atoms. The zero-order valence-corrected chi connectivity index (χ0v) is 15.7. The van der Waals surface area contributed by atoms with Crippen LogP contribution < -0.4 is 0 Å². The number of carbonyl (C=O) groups excluding carboxylic acids is 1. The van der Waals surface area contributed by atoms with Gasteiger partial charge >= 0.3 is 5.97 Å². The molecule has 25 heavy (non-hydrogen) atoms. The van der Waals surface area contributed by atoms with Gasteiger partial charge in [-0.3, -0.25) is 9.69 Å². The molecule has 1 aliphatic heterocycles. The minimum Gasteiger partial charge on any atom is -0.478 e. The Morgan fingerprint density at radius 2 is 2.08 bits per heavy atom. The molecule has 2 heterocycles. The van der Waals surface area contributed by atoms with Gasteiger partial charge in [0.05, 0.1) is 21.2 Å². The molecule has 1 fully saturated rings. The number of carboxylic acids is 1. The van der Waals surface area contributed by atoms with E-state index in [2.05, 4.69) is 4.99 Å². The number of nitrogens with zero attached hydrogens (tertiary/aromatic N) is 2. The summed E-state index contributed by atoms with van der Waals surface area (Å²) in [4.78, 5) is 32.2. The van der Waals surface area contributed by atoms with Crippen molar-refractivity contribution in [2.45, 2.75) is 6.92 Å². The number of benzene rings is 1. The van der Waals surface area contributed by atoms with Crippen molar-refractivity contribution < 1.29 is 14.7 Å². The molecule has 2 aromatic rings. The Hall–Kier alpha value is -2.09. The van der Waals surface area contributed by atoms with Gasteiger partial charge in [0.25, 0.3) is 5.91 Å². The van der Waals surface area contributed by atoms with Crippen LogP contribution in [-0.2, 0) is 4.79 Å². The van der Waals surface area contributed by atoms with Crippen molar-refractivity contribution in [2.24, 2.45) is 4.99 Å². The van der Waals surface area contributed by atoms with E-state index in [9.17, 15) is 9.59 Å². The van der Waals surface area contributed by atoms with Crippen LogP contribution in [0.15, 0.2) is 40.2 Å². The van der Waals surface area contributed by atoms with E-state index < -0.39 is 5.97 Å². The van der Waals surface area contributed by atoms with E-state index in [4.69, 9.17) is 16.7 Å². The molecule has 0 aliphatic carbocycles. The van der Waals surface area contributed by atoms with Crippen LogP contribution in [0.5, 0.6) is 0 Å². The van der Waals surface area contributed by atoms with Gasteiger partial charge in [-0.25, -0.2) is 9.79 Å². The Kier molecular flexibility index (Phi) is 4.99. The highest BCUT2D eigenvalue weighted by Crippen LogP contribution is 2.34. The van der Waals surface area contributed by atoms with E-state index in [1.54, 1.807) is 24.5 Å². The van der Waals surface area contributed by atoms with E-state index in [0.29, 0.717) is 15.8 Å². The minimum absolute atomic E-state index is 0.0229. The number of hydrogen-bond donors (Lipinski definition) is 1. The summed E-state index contributed by atoms with van der Waals surface area (Å²) in [5.41, 5.74) is 0.405. The van der Waals surface area contributed by atoms with Gasteiger partial charge in [0.2, 0.25) is 0 Å². The second-order valence-corrected chi connectivity index (χ2v) is 8.02. The van der Waals surface area contributed by atoms with Crippen LogP contribution in [0.4, 0.5) is 5.69 Å². The van der Waals surface area contributed by atoms with Crippen LogP contribution in [0, 0.1) is 6.92 Å². The number of rotatable bonds is 3. The number of thiophene rings is 1. The van der Waals surface area contributed by atoms with Gasteiger partial charge in [0, 0.05) is 16.8 Å². The Morgan fingerprint density at radius 3 is 2.72 bits per heavy atom. The van der Waals surface area contributed by atoms with Crippen LogP contribution in [-0.4, -0.2) is 34.1 Å². The molecule has 1 N–H and O–H groups in total. The maximum absolute atomic E-state index is 12.4. The number of halogens is 1. The SMILES string of the molecule is Cc1ccc(C=C2SC(=Nc3ccc(Cl)c(C(=O)O)c3)N(C)C2=O)s1. The lowest BCUT2D eigenvalue weighted by Crippen LogP contribution is -2.23. The first-order chi connectivity index (χ1) is 11.8. The Bertz CT molecular complexity index is 934. The monoisotopic (exact) mass is 392 g/mol. The topological polar surface area (TPSA) is 70.0 Å². The number of carbonyl (C=O) groups is 2. The lowest BCUT2D eigenvalue weighted by Gasteiger charge is -2.07.